The number of aryl methyl sites for hydroxylation is 1. The average molecular weight is 353 g/mol. The summed E-state index contributed by atoms with van der Waals surface area (Å²) in [6.07, 6.45) is 1.78. The zero-order valence-electron chi connectivity index (χ0n) is 14.1. The summed E-state index contributed by atoms with van der Waals surface area (Å²) in [6.45, 7) is 1.17. The van der Waals surface area contributed by atoms with E-state index in [1.165, 1.54) is 4.57 Å². The van der Waals surface area contributed by atoms with E-state index in [2.05, 4.69) is 0 Å². The Morgan fingerprint density at radius 3 is 2.69 bits per heavy atom. The van der Waals surface area contributed by atoms with E-state index in [0.29, 0.717) is 22.9 Å². The van der Waals surface area contributed by atoms with Crippen LogP contribution in [-0.2, 0) is 0 Å². The number of hydrogen-bond donors (Lipinski definition) is 0. The van der Waals surface area contributed by atoms with Gasteiger partial charge in [-0.05, 0) is 42.8 Å². The lowest BCUT2D eigenvalue weighted by atomic mass is 10.0. The van der Waals surface area contributed by atoms with Gasteiger partial charge in [0.25, 0.3) is 5.56 Å². The minimum Gasteiger partial charge on any atom is -0.463 e. The zero-order valence-corrected chi connectivity index (χ0v) is 14.1. The van der Waals surface area contributed by atoms with Gasteiger partial charge in [0.1, 0.15) is 5.75 Å². The first-order valence-corrected chi connectivity index (χ1v) is 8.09. The molecular formula is C20H16FNO4. The third kappa shape index (κ3) is 2.79. The third-order valence-corrected chi connectivity index (χ3v) is 4.28. The Balaban J connectivity index is 1.82. The van der Waals surface area contributed by atoms with Crippen LogP contribution >= 0.6 is 0 Å². The van der Waals surface area contributed by atoms with Crippen molar-refractivity contribution in [2.75, 3.05) is 13.7 Å². The second-order valence-corrected chi connectivity index (χ2v) is 5.87. The van der Waals surface area contributed by atoms with Crippen molar-refractivity contribution in [3.05, 3.63) is 70.6 Å². The summed E-state index contributed by atoms with van der Waals surface area (Å²) in [4.78, 5) is 12.5. The van der Waals surface area contributed by atoms with Crippen LogP contribution in [0, 0.1) is 6.92 Å². The molecule has 0 saturated carbocycles. The van der Waals surface area contributed by atoms with E-state index >= 15 is 0 Å². The van der Waals surface area contributed by atoms with E-state index in [1.807, 2.05) is 25.1 Å². The van der Waals surface area contributed by atoms with Crippen molar-refractivity contribution in [1.82, 2.24) is 4.57 Å². The first kappa shape index (κ1) is 16.2. The van der Waals surface area contributed by atoms with E-state index in [-0.39, 0.29) is 12.4 Å². The van der Waals surface area contributed by atoms with Gasteiger partial charge in [0.15, 0.2) is 11.5 Å². The van der Waals surface area contributed by atoms with Crippen molar-refractivity contribution in [3.8, 4) is 34.1 Å². The Morgan fingerprint density at radius 1 is 1.12 bits per heavy atom. The maximum atomic E-state index is 12.5. The molecule has 2 aromatic carbocycles. The fraction of sp³-hybridized carbons (Fsp3) is 0.150. The molecule has 1 aliphatic heterocycles. The molecule has 0 unspecified atom stereocenters. The second-order valence-electron chi connectivity index (χ2n) is 5.87. The van der Waals surface area contributed by atoms with E-state index in [4.69, 9.17) is 14.2 Å². The molecule has 26 heavy (non-hydrogen) atoms. The van der Waals surface area contributed by atoms with E-state index in [9.17, 15) is 9.18 Å². The Kier molecular flexibility index (Phi) is 4.08. The van der Waals surface area contributed by atoms with Crippen LogP contribution < -0.4 is 19.8 Å². The lowest BCUT2D eigenvalue weighted by molar-refractivity contribution is 0.174. The molecule has 1 aliphatic rings. The van der Waals surface area contributed by atoms with Crippen LogP contribution in [0.3, 0.4) is 0 Å². The Bertz CT molecular complexity index is 1010. The largest absolute Gasteiger partial charge is 0.463 e. The summed E-state index contributed by atoms with van der Waals surface area (Å²) in [5.74, 6) is 1.77. The van der Waals surface area contributed by atoms with E-state index < -0.39 is 6.86 Å². The van der Waals surface area contributed by atoms with Gasteiger partial charge in [0, 0.05) is 29.1 Å². The molecule has 0 aliphatic carbocycles. The quantitative estimate of drug-likeness (QED) is 0.715. The molecule has 0 radical (unpaired) electrons. The van der Waals surface area contributed by atoms with Crippen molar-refractivity contribution >= 4 is 0 Å². The lowest BCUT2D eigenvalue weighted by Crippen LogP contribution is -2.17. The highest BCUT2D eigenvalue weighted by atomic mass is 19.1. The van der Waals surface area contributed by atoms with Crippen LogP contribution in [0.4, 0.5) is 4.39 Å². The fourth-order valence-electron chi connectivity index (χ4n) is 3.02. The van der Waals surface area contributed by atoms with Crippen molar-refractivity contribution in [1.29, 1.82) is 0 Å². The molecule has 4 rings (SSSR count). The van der Waals surface area contributed by atoms with Crippen LogP contribution in [-0.4, -0.2) is 18.2 Å². The lowest BCUT2D eigenvalue weighted by Gasteiger charge is -2.13. The molecule has 1 aromatic heterocycles. The Labute approximate surface area is 149 Å². The van der Waals surface area contributed by atoms with Crippen molar-refractivity contribution < 1.29 is 18.6 Å². The van der Waals surface area contributed by atoms with E-state index in [0.717, 1.165) is 16.7 Å². The minimum atomic E-state index is -0.894. The molecule has 0 spiro atoms. The highest BCUT2D eigenvalue weighted by Gasteiger charge is 2.20. The number of ether oxygens (including phenoxy) is 3. The molecule has 0 fully saturated rings. The molecule has 2 heterocycles. The molecule has 0 amide bonds. The van der Waals surface area contributed by atoms with Crippen molar-refractivity contribution in [3.63, 3.8) is 0 Å². The molecule has 3 aromatic rings. The van der Waals surface area contributed by atoms with Gasteiger partial charge in [-0.1, -0.05) is 12.1 Å². The van der Waals surface area contributed by atoms with Crippen molar-refractivity contribution in [2.24, 2.45) is 0 Å². The number of pyridine rings is 1. The summed E-state index contributed by atoms with van der Waals surface area (Å²) >= 11 is 0. The third-order valence-electron chi connectivity index (χ3n) is 4.28. The minimum absolute atomic E-state index is 0.157. The monoisotopic (exact) mass is 353 g/mol. The van der Waals surface area contributed by atoms with E-state index in [1.54, 1.807) is 36.5 Å². The SMILES string of the molecule is Cc1cc(=O)n(-c2ccc(OCF)cc2)cc1-c1cccc2c1OCO2. The number of benzene rings is 2. The van der Waals surface area contributed by atoms with Gasteiger partial charge in [-0.15, -0.1) is 0 Å². The Hall–Kier alpha value is -3.28. The molecule has 132 valence electrons. The molecular weight excluding hydrogens is 337 g/mol. The normalized spacial score (nSPS) is 12.2. The average Bonchev–Trinajstić information content (AvgIpc) is 3.12. The summed E-state index contributed by atoms with van der Waals surface area (Å²) in [5.41, 5.74) is 3.08. The maximum Gasteiger partial charge on any atom is 0.255 e. The highest BCUT2D eigenvalue weighted by molar-refractivity contribution is 5.76. The second kappa shape index (κ2) is 6.55. The maximum absolute atomic E-state index is 12.5. The summed E-state index contributed by atoms with van der Waals surface area (Å²) in [7, 11) is 0. The van der Waals surface area contributed by atoms with Gasteiger partial charge >= 0.3 is 0 Å². The summed E-state index contributed by atoms with van der Waals surface area (Å²) in [6, 6.07) is 13.9. The molecule has 6 heteroatoms. The van der Waals surface area contributed by atoms with Gasteiger partial charge in [-0.25, -0.2) is 4.39 Å². The van der Waals surface area contributed by atoms with Crippen LogP contribution in [0.15, 0.2) is 59.5 Å². The number of alkyl halides is 1. The van der Waals surface area contributed by atoms with Gasteiger partial charge in [-0.2, -0.15) is 0 Å². The number of hydrogen-bond acceptors (Lipinski definition) is 4. The Morgan fingerprint density at radius 2 is 1.92 bits per heavy atom. The number of rotatable bonds is 4. The summed E-state index contributed by atoms with van der Waals surface area (Å²) in [5, 5.41) is 0. The smallest absolute Gasteiger partial charge is 0.255 e. The van der Waals surface area contributed by atoms with Gasteiger partial charge in [-0.3, -0.25) is 9.36 Å². The number of halogens is 1. The van der Waals surface area contributed by atoms with Crippen LogP contribution in [0.5, 0.6) is 17.2 Å². The topological polar surface area (TPSA) is 49.7 Å². The number of nitrogens with zero attached hydrogens (tertiary/aromatic N) is 1. The molecule has 5 nitrogen and oxygen atoms in total. The highest BCUT2D eigenvalue weighted by Crippen LogP contribution is 2.41. The first-order valence-electron chi connectivity index (χ1n) is 8.09. The zero-order chi connectivity index (χ0) is 18.1. The van der Waals surface area contributed by atoms with Crippen molar-refractivity contribution in [2.45, 2.75) is 6.92 Å². The summed E-state index contributed by atoms with van der Waals surface area (Å²) < 4.78 is 29.6. The predicted molar refractivity (Wildman–Crippen MR) is 94.9 cm³/mol. The number of para-hydroxylation sites is 1. The molecule has 0 N–H and O–H groups in total. The molecule has 0 saturated heterocycles. The van der Waals surface area contributed by atoms with Crippen LogP contribution in [0.1, 0.15) is 5.56 Å². The molecule has 0 bridgehead atoms. The van der Waals surface area contributed by atoms with Gasteiger partial charge < -0.3 is 14.2 Å². The van der Waals surface area contributed by atoms with Crippen LogP contribution in [0.25, 0.3) is 16.8 Å². The molecule has 0 atom stereocenters. The standard InChI is InChI=1S/C20H16FNO4/c1-13-9-19(23)22(14-5-7-15(8-6-14)24-11-21)10-17(13)16-3-2-4-18-20(16)26-12-25-18/h2-10H,11-12H2,1H3. The van der Waals surface area contributed by atoms with Gasteiger partial charge in [0.05, 0.1) is 0 Å². The fourth-order valence-corrected chi connectivity index (χ4v) is 3.02. The number of aromatic nitrogens is 1. The predicted octanol–water partition coefficient (Wildman–Crippen LogP) is 3.85. The van der Waals surface area contributed by atoms with Gasteiger partial charge in [0.2, 0.25) is 13.7 Å². The number of fused-ring (bicyclic) bond motifs is 1. The van der Waals surface area contributed by atoms with Crippen LogP contribution in [0.2, 0.25) is 0 Å². The first-order chi connectivity index (χ1) is 12.7.